The van der Waals surface area contributed by atoms with Crippen molar-refractivity contribution in [2.45, 2.75) is 6.92 Å². The third-order valence-corrected chi connectivity index (χ3v) is 3.73. The highest BCUT2D eigenvalue weighted by atomic mass is 35.5. The molecule has 1 fully saturated rings. The highest BCUT2D eigenvalue weighted by Crippen LogP contribution is 2.26. The third-order valence-electron chi connectivity index (χ3n) is 3.40. The van der Waals surface area contributed by atoms with Crippen LogP contribution >= 0.6 is 11.6 Å². The lowest BCUT2D eigenvalue weighted by Crippen LogP contribution is -2.30. The molecule has 102 valence electrons. The van der Waals surface area contributed by atoms with E-state index in [0.717, 1.165) is 0 Å². The van der Waals surface area contributed by atoms with Gasteiger partial charge in [-0.3, -0.25) is 14.6 Å². The number of hydrogen-bond donors (Lipinski definition) is 0. The lowest BCUT2D eigenvalue weighted by molar-refractivity contribution is -0.146. The largest absolute Gasteiger partial charge is 0.469 e. The van der Waals surface area contributed by atoms with Crippen LogP contribution in [0.25, 0.3) is 0 Å². The molecule has 2 rings (SSSR count). The number of nitrogens with zero attached hydrogens (tertiary/aromatic N) is 2. The number of carbonyl (C=O) groups is 2. The molecule has 2 heterocycles. The van der Waals surface area contributed by atoms with E-state index in [1.54, 1.807) is 11.0 Å². The molecule has 0 spiro atoms. The maximum Gasteiger partial charge on any atom is 0.310 e. The standard InChI is InChI=1S/C13H15ClN2O3/c1-8-6-16(7-10(8)13(18)19-2)12(17)9-5-15-4-3-11(9)14/h3-5,8,10H,6-7H2,1-2H3. The van der Waals surface area contributed by atoms with Crippen molar-refractivity contribution in [1.29, 1.82) is 0 Å². The van der Waals surface area contributed by atoms with E-state index in [9.17, 15) is 9.59 Å². The summed E-state index contributed by atoms with van der Waals surface area (Å²) < 4.78 is 4.75. The number of amides is 1. The first-order valence-electron chi connectivity index (χ1n) is 6.01. The van der Waals surface area contributed by atoms with Crippen molar-refractivity contribution in [3.05, 3.63) is 29.0 Å². The maximum absolute atomic E-state index is 12.3. The number of halogens is 1. The topological polar surface area (TPSA) is 59.5 Å². The minimum absolute atomic E-state index is 0.0758. The van der Waals surface area contributed by atoms with Crippen LogP contribution in [0.4, 0.5) is 0 Å². The molecule has 1 aliphatic rings. The monoisotopic (exact) mass is 282 g/mol. The van der Waals surface area contributed by atoms with Gasteiger partial charge < -0.3 is 9.64 Å². The van der Waals surface area contributed by atoms with Gasteiger partial charge in [0.25, 0.3) is 5.91 Å². The molecule has 1 aromatic heterocycles. The summed E-state index contributed by atoms with van der Waals surface area (Å²) in [5.74, 6) is -0.673. The van der Waals surface area contributed by atoms with Crippen LogP contribution in [0.15, 0.2) is 18.5 Å². The molecule has 1 aliphatic heterocycles. The predicted octanol–water partition coefficient (Wildman–Crippen LogP) is 1.62. The fraction of sp³-hybridized carbons (Fsp3) is 0.462. The summed E-state index contributed by atoms with van der Waals surface area (Å²) in [4.78, 5) is 29.4. The fourth-order valence-electron chi connectivity index (χ4n) is 2.30. The molecule has 0 bridgehead atoms. The van der Waals surface area contributed by atoms with Crippen molar-refractivity contribution in [2.75, 3.05) is 20.2 Å². The first kappa shape index (κ1) is 13.8. The molecule has 0 aromatic carbocycles. The van der Waals surface area contributed by atoms with Gasteiger partial charge in [0.1, 0.15) is 0 Å². The zero-order valence-electron chi connectivity index (χ0n) is 10.8. The highest BCUT2D eigenvalue weighted by Gasteiger charge is 2.38. The first-order valence-corrected chi connectivity index (χ1v) is 6.39. The van der Waals surface area contributed by atoms with E-state index in [4.69, 9.17) is 16.3 Å². The highest BCUT2D eigenvalue weighted by molar-refractivity contribution is 6.33. The number of hydrogen-bond acceptors (Lipinski definition) is 4. The molecule has 19 heavy (non-hydrogen) atoms. The van der Waals surface area contributed by atoms with E-state index in [0.29, 0.717) is 23.7 Å². The maximum atomic E-state index is 12.3. The summed E-state index contributed by atoms with van der Waals surface area (Å²) in [5.41, 5.74) is 0.363. The Kier molecular flexibility index (Phi) is 4.04. The molecular weight excluding hydrogens is 268 g/mol. The number of carbonyl (C=O) groups excluding carboxylic acids is 2. The van der Waals surface area contributed by atoms with Gasteiger partial charge in [0.05, 0.1) is 23.6 Å². The molecule has 0 aliphatic carbocycles. The van der Waals surface area contributed by atoms with E-state index >= 15 is 0 Å². The number of likely N-dealkylation sites (tertiary alicyclic amines) is 1. The molecule has 2 atom stereocenters. The van der Waals surface area contributed by atoms with E-state index in [1.165, 1.54) is 19.5 Å². The Morgan fingerprint density at radius 1 is 1.47 bits per heavy atom. The van der Waals surface area contributed by atoms with E-state index in [-0.39, 0.29) is 23.7 Å². The van der Waals surface area contributed by atoms with Gasteiger partial charge in [-0.2, -0.15) is 0 Å². The summed E-state index contributed by atoms with van der Waals surface area (Å²) in [5, 5.41) is 0.370. The second-order valence-corrected chi connectivity index (χ2v) is 5.08. The zero-order chi connectivity index (χ0) is 14.0. The molecule has 2 unspecified atom stereocenters. The number of rotatable bonds is 2. The normalized spacial score (nSPS) is 22.4. The molecule has 1 aromatic rings. The lowest BCUT2D eigenvalue weighted by atomic mass is 9.99. The molecule has 5 nitrogen and oxygen atoms in total. The van der Waals surface area contributed by atoms with E-state index in [2.05, 4.69) is 4.98 Å². The molecule has 0 saturated carbocycles. The van der Waals surface area contributed by atoms with Crippen molar-refractivity contribution < 1.29 is 14.3 Å². The van der Waals surface area contributed by atoms with Crippen molar-refractivity contribution in [1.82, 2.24) is 9.88 Å². The van der Waals surface area contributed by atoms with Crippen LogP contribution in [0.5, 0.6) is 0 Å². The average molecular weight is 283 g/mol. The first-order chi connectivity index (χ1) is 9.04. The van der Waals surface area contributed by atoms with Crippen molar-refractivity contribution in [2.24, 2.45) is 11.8 Å². The van der Waals surface area contributed by atoms with Crippen LogP contribution in [0.3, 0.4) is 0 Å². The van der Waals surface area contributed by atoms with Gasteiger partial charge >= 0.3 is 5.97 Å². The smallest absolute Gasteiger partial charge is 0.310 e. The summed E-state index contributed by atoms with van der Waals surface area (Å²) >= 11 is 5.98. The summed E-state index contributed by atoms with van der Waals surface area (Å²) in [6, 6.07) is 1.58. The van der Waals surface area contributed by atoms with Crippen molar-refractivity contribution >= 4 is 23.5 Å². The number of pyridine rings is 1. The van der Waals surface area contributed by atoms with Gasteiger partial charge in [-0.25, -0.2) is 0 Å². The molecule has 1 saturated heterocycles. The average Bonchev–Trinajstić information content (AvgIpc) is 2.80. The van der Waals surface area contributed by atoms with Crippen molar-refractivity contribution in [3.8, 4) is 0 Å². The van der Waals surface area contributed by atoms with Gasteiger partial charge in [0.15, 0.2) is 0 Å². The van der Waals surface area contributed by atoms with Gasteiger partial charge in [-0.05, 0) is 12.0 Å². The Hall–Kier alpha value is -1.62. The second-order valence-electron chi connectivity index (χ2n) is 4.67. The van der Waals surface area contributed by atoms with Crippen molar-refractivity contribution in [3.63, 3.8) is 0 Å². The van der Waals surface area contributed by atoms with Crippen LogP contribution in [-0.4, -0.2) is 42.0 Å². The Bertz CT molecular complexity index is 506. The molecule has 0 N–H and O–H groups in total. The summed E-state index contributed by atoms with van der Waals surface area (Å²) in [6.45, 7) is 2.81. The zero-order valence-corrected chi connectivity index (χ0v) is 11.6. The predicted molar refractivity (Wildman–Crippen MR) is 69.8 cm³/mol. The van der Waals surface area contributed by atoms with Crippen LogP contribution in [-0.2, 0) is 9.53 Å². The Morgan fingerprint density at radius 3 is 2.84 bits per heavy atom. The van der Waals surface area contributed by atoms with Gasteiger partial charge in [0.2, 0.25) is 0 Å². The minimum atomic E-state index is -0.278. The Morgan fingerprint density at radius 2 is 2.21 bits per heavy atom. The number of esters is 1. The van der Waals surface area contributed by atoms with Gasteiger partial charge in [-0.15, -0.1) is 0 Å². The number of aromatic nitrogens is 1. The Balaban J connectivity index is 2.15. The molecule has 1 amide bonds. The summed E-state index contributed by atoms with van der Waals surface area (Å²) in [6.07, 6.45) is 2.98. The van der Waals surface area contributed by atoms with Crippen LogP contribution in [0.2, 0.25) is 5.02 Å². The third kappa shape index (κ3) is 2.71. The second kappa shape index (κ2) is 5.57. The van der Waals surface area contributed by atoms with Crippen LogP contribution < -0.4 is 0 Å². The van der Waals surface area contributed by atoms with Crippen LogP contribution in [0.1, 0.15) is 17.3 Å². The number of ether oxygens (including phenoxy) is 1. The van der Waals surface area contributed by atoms with Gasteiger partial charge in [0, 0.05) is 25.5 Å². The SMILES string of the molecule is COC(=O)C1CN(C(=O)c2cnccc2Cl)CC1C. The molecule has 6 heteroatoms. The minimum Gasteiger partial charge on any atom is -0.469 e. The fourth-order valence-corrected chi connectivity index (χ4v) is 2.48. The number of methoxy groups -OCH3 is 1. The van der Waals surface area contributed by atoms with E-state index in [1.807, 2.05) is 6.92 Å². The van der Waals surface area contributed by atoms with E-state index < -0.39 is 0 Å². The summed E-state index contributed by atoms with van der Waals surface area (Å²) in [7, 11) is 1.36. The quantitative estimate of drug-likeness (QED) is 0.774. The Labute approximate surface area is 116 Å². The molecular formula is C13H15ClN2O3. The molecule has 0 radical (unpaired) electrons. The van der Waals surface area contributed by atoms with Gasteiger partial charge in [-0.1, -0.05) is 18.5 Å². The van der Waals surface area contributed by atoms with Crippen LogP contribution in [0, 0.1) is 11.8 Å². The lowest BCUT2D eigenvalue weighted by Gasteiger charge is -2.16.